The molecule has 0 aromatic heterocycles. The summed E-state index contributed by atoms with van der Waals surface area (Å²) in [5.41, 5.74) is 1.09. The van der Waals surface area contributed by atoms with Crippen LogP contribution in [0.5, 0.6) is 0 Å². The molecule has 22 heavy (non-hydrogen) atoms. The fourth-order valence-corrected chi connectivity index (χ4v) is 3.22. The Kier molecular flexibility index (Phi) is 3.93. The van der Waals surface area contributed by atoms with Gasteiger partial charge in [-0.05, 0) is 24.0 Å². The quantitative estimate of drug-likeness (QED) is 0.870. The van der Waals surface area contributed by atoms with Crippen molar-refractivity contribution in [2.24, 2.45) is 0 Å². The maximum atomic E-state index is 12.7. The zero-order valence-corrected chi connectivity index (χ0v) is 12.4. The fraction of sp³-hybridized carbons (Fsp3) is 0.263. The lowest BCUT2D eigenvalue weighted by atomic mass is 9.88. The number of benzene rings is 2. The van der Waals surface area contributed by atoms with Gasteiger partial charge in [0, 0.05) is 6.54 Å². The van der Waals surface area contributed by atoms with Crippen molar-refractivity contribution in [2.45, 2.75) is 24.8 Å². The van der Waals surface area contributed by atoms with Crippen molar-refractivity contribution in [3.8, 4) is 6.07 Å². The Balaban J connectivity index is 1.89. The van der Waals surface area contributed by atoms with E-state index in [2.05, 4.69) is 6.07 Å². The molecule has 3 rings (SSSR count). The minimum absolute atomic E-state index is 0.0223. The number of amides is 1. The van der Waals surface area contributed by atoms with E-state index in [4.69, 9.17) is 0 Å². The summed E-state index contributed by atoms with van der Waals surface area (Å²) in [5, 5.41) is 9.81. The van der Waals surface area contributed by atoms with Crippen LogP contribution in [-0.4, -0.2) is 17.4 Å². The minimum atomic E-state index is -0.812. The molecular weight excluding hydrogens is 272 g/mol. The number of hydrogen-bond donors (Lipinski definition) is 0. The molecule has 1 unspecified atom stereocenters. The highest BCUT2D eigenvalue weighted by molar-refractivity contribution is 5.80. The highest BCUT2D eigenvalue weighted by atomic mass is 16.2. The monoisotopic (exact) mass is 290 g/mol. The molecule has 0 aliphatic carbocycles. The summed E-state index contributed by atoms with van der Waals surface area (Å²) in [6, 6.07) is 21.8. The normalized spacial score (nSPS) is 20.6. The Morgan fingerprint density at radius 2 is 1.73 bits per heavy atom. The molecule has 0 spiro atoms. The van der Waals surface area contributed by atoms with Gasteiger partial charge in [0.15, 0.2) is 5.54 Å². The summed E-state index contributed by atoms with van der Waals surface area (Å²) in [6.45, 7) is 0.647. The van der Waals surface area contributed by atoms with Crippen LogP contribution in [0.1, 0.15) is 24.0 Å². The van der Waals surface area contributed by atoms with E-state index in [0.717, 1.165) is 17.5 Å². The van der Waals surface area contributed by atoms with Crippen LogP contribution in [0.25, 0.3) is 0 Å². The predicted octanol–water partition coefficient (Wildman–Crippen LogP) is 3.27. The molecule has 0 N–H and O–H groups in total. The molecule has 3 heteroatoms. The van der Waals surface area contributed by atoms with E-state index in [1.807, 2.05) is 60.7 Å². The van der Waals surface area contributed by atoms with Crippen molar-refractivity contribution in [3.05, 3.63) is 71.8 Å². The van der Waals surface area contributed by atoms with Crippen molar-refractivity contribution >= 4 is 5.91 Å². The predicted molar refractivity (Wildman–Crippen MR) is 84.8 cm³/mol. The van der Waals surface area contributed by atoms with Gasteiger partial charge in [0.25, 0.3) is 0 Å². The second-order valence-electron chi connectivity index (χ2n) is 5.65. The summed E-state index contributed by atoms with van der Waals surface area (Å²) in [6.07, 6.45) is 1.91. The third-order valence-corrected chi connectivity index (χ3v) is 4.32. The van der Waals surface area contributed by atoms with Gasteiger partial charge in [-0.15, -0.1) is 0 Å². The summed E-state index contributed by atoms with van der Waals surface area (Å²) in [5.74, 6) is 0.0223. The largest absolute Gasteiger partial charge is 0.320 e. The summed E-state index contributed by atoms with van der Waals surface area (Å²) < 4.78 is 0. The molecule has 1 fully saturated rings. The first-order valence-corrected chi connectivity index (χ1v) is 7.57. The summed E-state index contributed by atoms with van der Waals surface area (Å²) in [4.78, 5) is 14.5. The van der Waals surface area contributed by atoms with Crippen molar-refractivity contribution in [3.63, 3.8) is 0 Å². The zero-order valence-electron chi connectivity index (χ0n) is 12.4. The van der Waals surface area contributed by atoms with Gasteiger partial charge >= 0.3 is 0 Å². The lowest BCUT2D eigenvalue weighted by Gasteiger charge is -2.33. The Bertz CT molecular complexity index is 690. The molecule has 2 aromatic carbocycles. The van der Waals surface area contributed by atoms with Gasteiger partial charge in [-0.25, -0.2) is 0 Å². The van der Waals surface area contributed by atoms with Gasteiger partial charge < -0.3 is 4.90 Å². The van der Waals surface area contributed by atoms with Crippen LogP contribution in [0.4, 0.5) is 0 Å². The molecule has 3 nitrogen and oxygen atoms in total. The summed E-state index contributed by atoms with van der Waals surface area (Å²) in [7, 11) is 0. The Hall–Kier alpha value is -2.60. The van der Waals surface area contributed by atoms with E-state index in [-0.39, 0.29) is 5.91 Å². The van der Waals surface area contributed by atoms with Gasteiger partial charge in [-0.3, -0.25) is 4.79 Å². The molecule has 1 atom stereocenters. The number of carbonyl (C=O) groups is 1. The van der Waals surface area contributed by atoms with Crippen molar-refractivity contribution < 1.29 is 4.79 Å². The van der Waals surface area contributed by atoms with Crippen LogP contribution < -0.4 is 0 Å². The SMILES string of the molecule is N#CC1(c2ccccc2)CCCN1C(=O)Cc1ccccc1. The maximum Gasteiger partial charge on any atom is 0.228 e. The van der Waals surface area contributed by atoms with E-state index >= 15 is 0 Å². The maximum absolute atomic E-state index is 12.7. The lowest BCUT2D eigenvalue weighted by Crippen LogP contribution is -2.44. The summed E-state index contributed by atoms with van der Waals surface area (Å²) >= 11 is 0. The first-order chi connectivity index (χ1) is 10.8. The van der Waals surface area contributed by atoms with Crippen LogP contribution in [-0.2, 0) is 16.8 Å². The third kappa shape index (κ3) is 2.48. The molecule has 1 aliphatic rings. The number of rotatable bonds is 3. The molecule has 1 heterocycles. The average Bonchev–Trinajstić information content (AvgIpc) is 3.02. The van der Waals surface area contributed by atoms with Gasteiger partial charge in [0.2, 0.25) is 5.91 Å². The molecule has 1 amide bonds. The molecule has 0 saturated carbocycles. The first-order valence-electron chi connectivity index (χ1n) is 7.57. The minimum Gasteiger partial charge on any atom is -0.320 e. The van der Waals surface area contributed by atoms with E-state index in [0.29, 0.717) is 19.4 Å². The molecule has 110 valence electrons. The van der Waals surface area contributed by atoms with Gasteiger partial charge in [-0.2, -0.15) is 5.26 Å². The first kappa shape index (κ1) is 14.3. The molecule has 1 saturated heterocycles. The number of hydrogen-bond acceptors (Lipinski definition) is 2. The molecular formula is C19H18N2O. The Morgan fingerprint density at radius 3 is 2.36 bits per heavy atom. The standard InChI is InChI=1S/C19H18N2O/c20-15-19(17-10-5-2-6-11-17)12-7-13-21(19)18(22)14-16-8-3-1-4-9-16/h1-6,8-11H,7,12-14H2. The number of carbonyl (C=O) groups excluding carboxylic acids is 1. The highest BCUT2D eigenvalue weighted by Gasteiger charge is 2.45. The van der Waals surface area contributed by atoms with Crippen LogP contribution in [0.3, 0.4) is 0 Å². The fourth-order valence-electron chi connectivity index (χ4n) is 3.22. The lowest BCUT2D eigenvalue weighted by molar-refractivity contribution is -0.133. The number of nitrogens with zero attached hydrogens (tertiary/aromatic N) is 2. The van der Waals surface area contributed by atoms with Crippen LogP contribution in [0.2, 0.25) is 0 Å². The van der Waals surface area contributed by atoms with Crippen LogP contribution >= 0.6 is 0 Å². The van der Waals surface area contributed by atoms with Crippen LogP contribution in [0.15, 0.2) is 60.7 Å². The van der Waals surface area contributed by atoms with Crippen molar-refractivity contribution in [2.75, 3.05) is 6.54 Å². The Morgan fingerprint density at radius 1 is 1.09 bits per heavy atom. The third-order valence-electron chi connectivity index (χ3n) is 4.32. The van der Waals surface area contributed by atoms with Gasteiger partial charge in [-0.1, -0.05) is 60.7 Å². The van der Waals surface area contributed by atoms with E-state index in [1.54, 1.807) is 4.90 Å². The van der Waals surface area contributed by atoms with E-state index in [1.165, 1.54) is 0 Å². The number of nitriles is 1. The molecule has 0 bridgehead atoms. The van der Waals surface area contributed by atoms with Crippen molar-refractivity contribution in [1.82, 2.24) is 4.90 Å². The van der Waals surface area contributed by atoms with E-state index < -0.39 is 5.54 Å². The number of likely N-dealkylation sites (tertiary alicyclic amines) is 1. The second kappa shape index (κ2) is 6.03. The smallest absolute Gasteiger partial charge is 0.228 e. The molecule has 0 radical (unpaired) electrons. The van der Waals surface area contributed by atoms with Crippen molar-refractivity contribution in [1.29, 1.82) is 5.26 Å². The van der Waals surface area contributed by atoms with Gasteiger partial charge in [0.1, 0.15) is 0 Å². The zero-order chi connectivity index (χ0) is 15.4. The molecule has 1 aliphatic heterocycles. The average molecular weight is 290 g/mol. The van der Waals surface area contributed by atoms with Gasteiger partial charge in [0.05, 0.1) is 12.5 Å². The second-order valence-corrected chi connectivity index (χ2v) is 5.65. The highest BCUT2D eigenvalue weighted by Crippen LogP contribution is 2.38. The Labute approximate surface area is 130 Å². The van der Waals surface area contributed by atoms with E-state index in [9.17, 15) is 10.1 Å². The van der Waals surface area contributed by atoms with Crippen LogP contribution in [0, 0.1) is 11.3 Å². The molecule has 2 aromatic rings. The topological polar surface area (TPSA) is 44.1 Å².